The van der Waals surface area contributed by atoms with Crippen molar-refractivity contribution in [3.63, 3.8) is 0 Å². The molecule has 4 aromatic rings. The summed E-state index contributed by atoms with van der Waals surface area (Å²) in [6.45, 7) is 2.74. The average molecular weight is 571 g/mol. The largest absolute Gasteiger partial charge is 0.493 e. The van der Waals surface area contributed by atoms with Crippen molar-refractivity contribution in [3.8, 4) is 17.2 Å². The maximum Gasteiger partial charge on any atom is 0.264 e. The number of carbonyl (C=O) groups excluding carboxylic acids is 1. The van der Waals surface area contributed by atoms with Gasteiger partial charge in [0.15, 0.2) is 16.7 Å². The Morgan fingerprint density at radius 2 is 1.57 bits per heavy atom. The zero-order valence-corrected chi connectivity index (χ0v) is 23.6. The van der Waals surface area contributed by atoms with Gasteiger partial charge in [-0.3, -0.25) is 4.79 Å². The Morgan fingerprint density at radius 1 is 0.850 bits per heavy atom. The molecule has 202 valence electrons. The lowest BCUT2D eigenvalue weighted by Gasteiger charge is -2.14. The maximum atomic E-state index is 12.7. The van der Waals surface area contributed by atoms with Crippen LogP contribution < -0.4 is 19.5 Å². The molecule has 0 saturated carbocycles. The molecular formula is C32H27ClN2O4S. The highest BCUT2D eigenvalue weighted by atomic mass is 35.5. The third-order valence-electron chi connectivity index (χ3n) is 6.03. The number of hydrogen-bond acceptors (Lipinski definition) is 6. The van der Waals surface area contributed by atoms with Gasteiger partial charge in [0.05, 0.1) is 17.7 Å². The Balaban J connectivity index is 1.29. The lowest BCUT2D eigenvalue weighted by atomic mass is 10.1. The van der Waals surface area contributed by atoms with Crippen LogP contribution in [0.15, 0.2) is 101 Å². The van der Waals surface area contributed by atoms with Crippen LogP contribution >= 0.6 is 23.4 Å². The number of ether oxygens (including phenoxy) is 3. The van der Waals surface area contributed by atoms with E-state index in [0.717, 1.165) is 22.4 Å². The van der Waals surface area contributed by atoms with Crippen LogP contribution in [-0.4, -0.2) is 18.2 Å². The van der Waals surface area contributed by atoms with E-state index in [-0.39, 0.29) is 12.5 Å². The number of rotatable bonds is 9. The molecule has 1 N–H and O–H groups in total. The normalized spacial score (nSPS) is 14.8. The van der Waals surface area contributed by atoms with Gasteiger partial charge in [0, 0.05) is 10.6 Å². The van der Waals surface area contributed by atoms with Gasteiger partial charge in [-0.1, -0.05) is 65.7 Å². The van der Waals surface area contributed by atoms with Crippen molar-refractivity contribution < 1.29 is 19.0 Å². The number of halogens is 1. The fourth-order valence-corrected chi connectivity index (χ4v) is 4.95. The van der Waals surface area contributed by atoms with Crippen molar-refractivity contribution in [2.75, 3.05) is 7.11 Å². The van der Waals surface area contributed by atoms with E-state index < -0.39 is 0 Å². The van der Waals surface area contributed by atoms with Gasteiger partial charge in [-0.05, 0) is 78.4 Å². The zero-order chi connectivity index (χ0) is 27.9. The zero-order valence-electron chi connectivity index (χ0n) is 22.0. The molecule has 1 aliphatic rings. The molecule has 8 heteroatoms. The first-order valence-electron chi connectivity index (χ1n) is 12.6. The van der Waals surface area contributed by atoms with E-state index in [4.69, 9.17) is 25.8 Å². The molecule has 5 rings (SSSR count). The number of hydrogen-bond donors (Lipinski definition) is 1. The summed E-state index contributed by atoms with van der Waals surface area (Å²) < 4.78 is 17.7. The fraction of sp³-hybridized carbons (Fsp3) is 0.125. The highest BCUT2D eigenvalue weighted by molar-refractivity contribution is 8.18. The van der Waals surface area contributed by atoms with Crippen LogP contribution in [0.3, 0.4) is 0 Å². The van der Waals surface area contributed by atoms with Crippen LogP contribution in [0.4, 0.5) is 5.69 Å². The number of aliphatic imine (C=N–C) groups is 1. The van der Waals surface area contributed by atoms with Crippen LogP contribution in [0, 0.1) is 6.92 Å². The molecular weight excluding hydrogens is 544 g/mol. The molecule has 1 saturated heterocycles. The number of benzene rings is 4. The van der Waals surface area contributed by atoms with E-state index >= 15 is 0 Å². The first-order chi connectivity index (χ1) is 19.5. The average Bonchev–Trinajstić information content (AvgIpc) is 3.31. The summed E-state index contributed by atoms with van der Waals surface area (Å²) in [5, 5.41) is 3.88. The molecule has 1 aliphatic heterocycles. The van der Waals surface area contributed by atoms with E-state index in [1.54, 1.807) is 31.4 Å². The van der Waals surface area contributed by atoms with Gasteiger partial charge in [-0.25, -0.2) is 4.99 Å². The number of carbonyl (C=O) groups is 1. The molecule has 0 radical (unpaired) electrons. The van der Waals surface area contributed by atoms with Crippen LogP contribution in [0.25, 0.3) is 6.08 Å². The quantitative estimate of drug-likeness (QED) is 0.209. The lowest BCUT2D eigenvalue weighted by molar-refractivity contribution is -0.115. The predicted octanol–water partition coefficient (Wildman–Crippen LogP) is 7.71. The Kier molecular flexibility index (Phi) is 8.74. The number of amides is 1. The number of nitrogens with one attached hydrogen (secondary N) is 1. The summed E-state index contributed by atoms with van der Waals surface area (Å²) in [5.41, 5.74) is 4.58. The topological polar surface area (TPSA) is 69.2 Å². The van der Waals surface area contributed by atoms with Crippen LogP contribution in [0.1, 0.15) is 22.3 Å². The summed E-state index contributed by atoms with van der Waals surface area (Å²) in [5.74, 6) is 1.64. The van der Waals surface area contributed by atoms with Crippen LogP contribution in [-0.2, 0) is 18.0 Å². The second-order valence-corrected chi connectivity index (χ2v) is 10.5. The molecule has 0 spiro atoms. The van der Waals surface area contributed by atoms with Crippen molar-refractivity contribution in [1.29, 1.82) is 0 Å². The lowest BCUT2D eigenvalue weighted by Crippen LogP contribution is -2.19. The van der Waals surface area contributed by atoms with E-state index in [2.05, 4.69) is 10.3 Å². The van der Waals surface area contributed by atoms with Gasteiger partial charge in [0.2, 0.25) is 0 Å². The van der Waals surface area contributed by atoms with Crippen molar-refractivity contribution in [1.82, 2.24) is 5.32 Å². The number of aryl methyl sites for hydroxylation is 1. The Morgan fingerprint density at radius 3 is 2.35 bits per heavy atom. The first kappa shape index (κ1) is 27.4. The summed E-state index contributed by atoms with van der Waals surface area (Å²) in [6, 6.07) is 28.8. The van der Waals surface area contributed by atoms with Gasteiger partial charge in [0.1, 0.15) is 19.0 Å². The molecule has 6 nitrogen and oxygen atoms in total. The van der Waals surface area contributed by atoms with E-state index in [1.807, 2.05) is 79.7 Å². The Bertz CT molecular complexity index is 1570. The van der Waals surface area contributed by atoms with Gasteiger partial charge in [0.25, 0.3) is 5.91 Å². The summed E-state index contributed by atoms with van der Waals surface area (Å²) in [7, 11) is 1.61. The standard InChI is InChI=1S/C32H27ClN2O4S/c1-21-8-12-26(13-9-21)34-32-35-31(36)30(40-32)18-24-17-25(33)11-15-27(24)38-20-23-10-14-28(29(16-23)37-2)39-19-22-6-4-3-5-7-22/h3-18H,19-20H2,1-2H3,(H,34,35,36)/b30-18+. The van der Waals surface area contributed by atoms with Gasteiger partial charge in [-0.15, -0.1) is 0 Å². The first-order valence-corrected chi connectivity index (χ1v) is 13.8. The summed E-state index contributed by atoms with van der Waals surface area (Å²) in [6.07, 6.45) is 1.76. The smallest absolute Gasteiger partial charge is 0.264 e. The van der Waals surface area contributed by atoms with E-state index in [1.165, 1.54) is 11.8 Å². The van der Waals surface area contributed by atoms with Crippen molar-refractivity contribution in [2.24, 2.45) is 4.99 Å². The minimum absolute atomic E-state index is 0.224. The predicted molar refractivity (Wildman–Crippen MR) is 162 cm³/mol. The SMILES string of the molecule is COc1cc(COc2ccc(Cl)cc2/C=C2/SC(=Nc3ccc(C)cc3)NC2=O)ccc1OCc1ccccc1. The molecule has 40 heavy (non-hydrogen) atoms. The molecule has 4 aromatic carbocycles. The highest BCUT2D eigenvalue weighted by Gasteiger charge is 2.24. The summed E-state index contributed by atoms with van der Waals surface area (Å²) >= 11 is 7.56. The van der Waals surface area contributed by atoms with Gasteiger partial charge in [-0.2, -0.15) is 0 Å². The second-order valence-electron chi connectivity index (χ2n) is 9.05. The number of thioether (sulfide) groups is 1. The number of methoxy groups -OCH3 is 1. The number of nitrogens with zero attached hydrogens (tertiary/aromatic N) is 1. The minimum atomic E-state index is -0.224. The molecule has 1 fully saturated rings. The molecule has 0 aromatic heterocycles. The van der Waals surface area contributed by atoms with Gasteiger partial charge >= 0.3 is 0 Å². The van der Waals surface area contributed by atoms with Crippen LogP contribution in [0.2, 0.25) is 5.02 Å². The van der Waals surface area contributed by atoms with Gasteiger partial charge < -0.3 is 19.5 Å². The van der Waals surface area contributed by atoms with Crippen molar-refractivity contribution >= 4 is 46.2 Å². The third kappa shape index (κ3) is 7.05. The number of amidine groups is 1. The molecule has 0 bridgehead atoms. The van der Waals surface area contributed by atoms with Crippen molar-refractivity contribution in [3.05, 3.63) is 123 Å². The molecule has 0 atom stereocenters. The minimum Gasteiger partial charge on any atom is -0.493 e. The maximum absolute atomic E-state index is 12.7. The third-order valence-corrected chi connectivity index (χ3v) is 7.18. The van der Waals surface area contributed by atoms with Crippen molar-refractivity contribution in [2.45, 2.75) is 20.1 Å². The van der Waals surface area contributed by atoms with E-state index in [9.17, 15) is 4.79 Å². The Labute approximate surface area is 242 Å². The summed E-state index contributed by atoms with van der Waals surface area (Å²) in [4.78, 5) is 17.7. The Hall–Kier alpha value is -4.20. The molecule has 1 heterocycles. The second kappa shape index (κ2) is 12.8. The fourth-order valence-electron chi connectivity index (χ4n) is 3.94. The van der Waals surface area contributed by atoms with E-state index in [0.29, 0.717) is 44.5 Å². The highest BCUT2D eigenvalue weighted by Crippen LogP contribution is 2.33. The molecule has 0 unspecified atom stereocenters. The monoisotopic (exact) mass is 570 g/mol. The van der Waals surface area contributed by atoms with Crippen LogP contribution in [0.5, 0.6) is 17.2 Å². The molecule has 0 aliphatic carbocycles. The molecule has 1 amide bonds.